The van der Waals surface area contributed by atoms with E-state index in [2.05, 4.69) is 4.98 Å². The second-order valence-electron chi connectivity index (χ2n) is 3.29. The van der Waals surface area contributed by atoms with Crippen LogP contribution in [0.1, 0.15) is 5.56 Å². The molecule has 3 nitrogen and oxygen atoms in total. The third-order valence-corrected chi connectivity index (χ3v) is 2.28. The van der Waals surface area contributed by atoms with Gasteiger partial charge in [0.05, 0.1) is 11.2 Å². The summed E-state index contributed by atoms with van der Waals surface area (Å²) in [7, 11) is 0. The van der Waals surface area contributed by atoms with Gasteiger partial charge in [-0.05, 0) is 17.7 Å². The lowest BCUT2D eigenvalue weighted by Gasteiger charge is -2.05. The van der Waals surface area contributed by atoms with E-state index < -0.39 is 0 Å². The fourth-order valence-electron chi connectivity index (χ4n) is 1.28. The van der Waals surface area contributed by atoms with Gasteiger partial charge in [-0.25, -0.2) is 0 Å². The highest BCUT2D eigenvalue weighted by molar-refractivity contribution is 6.30. The SMILES string of the molecule is NCc1ccc(Oc2cncc(Cl)c2)cc1. The predicted octanol–water partition coefficient (Wildman–Crippen LogP) is 2.99. The van der Waals surface area contributed by atoms with Gasteiger partial charge in [0.25, 0.3) is 0 Å². The highest BCUT2D eigenvalue weighted by atomic mass is 35.5. The Morgan fingerprint density at radius 1 is 1.12 bits per heavy atom. The molecule has 1 heterocycles. The van der Waals surface area contributed by atoms with Crippen molar-refractivity contribution >= 4 is 11.6 Å². The van der Waals surface area contributed by atoms with Gasteiger partial charge >= 0.3 is 0 Å². The van der Waals surface area contributed by atoms with Crippen LogP contribution in [-0.2, 0) is 6.54 Å². The van der Waals surface area contributed by atoms with Crippen LogP contribution in [0.25, 0.3) is 0 Å². The fraction of sp³-hybridized carbons (Fsp3) is 0.0833. The molecule has 16 heavy (non-hydrogen) atoms. The van der Waals surface area contributed by atoms with Crippen molar-refractivity contribution in [2.24, 2.45) is 5.73 Å². The van der Waals surface area contributed by atoms with Crippen LogP contribution in [0.2, 0.25) is 5.02 Å². The number of aromatic nitrogens is 1. The summed E-state index contributed by atoms with van der Waals surface area (Å²) >= 11 is 5.80. The summed E-state index contributed by atoms with van der Waals surface area (Å²) in [4.78, 5) is 3.94. The van der Waals surface area contributed by atoms with Crippen molar-refractivity contribution in [2.75, 3.05) is 0 Å². The van der Waals surface area contributed by atoms with Crippen LogP contribution in [0.4, 0.5) is 0 Å². The topological polar surface area (TPSA) is 48.1 Å². The Balaban J connectivity index is 2.14. The molecule has 4 heteroatoms. The van der Waals surface area contributed by atoms with Crippen LogP contribution in [-0.4, -0.2) is 4.98 Å². The van der Waals surface area contributed by atoms with E-state index in [1.54, 1.807) is 18.5 Å². The molecule has 1 aromatic carbocycles. The number of nitrogens with zero attached hydrogens (tertiary/aromatic N) is 1. The van der Waals surface area contributed by atoms with Crippen LogP contribution in [0.3, 0.4) is 0 Å². The van der Waals surface area contributed by atoms with Gasteiger partial charge in [-0.2, -0.15) is 0 Å². The molecule has 0 saturated carbocycles. The van der Waals surface area contributed by atoms with Gasteiger partial charge in [0.15, 0.2) is 0 Å². The number of rotatable bonds is 3. The molecular formula is C12H11ClN2O. The summed E-state index contributed by atoms with van der Waals surface area (Å²) in [6.07, 6.45) is 3.18. The van der Waals surface area contributed by atoms with Crippen molar-refractivity contribution < 1.29 is 4.74 Å². The van der Waals surface area contributed by atoms with Gasteiger partial charge in [0, 0.05) is 18.8 Å². The molecule has 0 saturated heterocycles. The molecular weight excluding hydrogens is 224 g/mol. The van der Waals surface area contributed by atoms with Crippen molar-refractivity contribution in [3.63, 3.8) is 0 Å². The molecule has 0 unspecified atom stereocenters. The Labute approximate surface area is 98.8 Å². The largest absolute Gasteiger partial charge is 0.456 e. The highest BCUT2D eigenvalue weighted by Gasteiger charge is 1.98. The van der Waals surface area contributed by atoms with Crippen LogP contribution in [0.5, 0.6) is 11.5 Å². The maximum absolute atomic E-state index is 5.80. The molecule has 0 aliphatic rings. The summed E-state index contributed by atoms with van der Waals surface area (Å²) in [5, 5.41) is 0.552. The molecule has 0 bridgehead atoms. The third-order valence-electron chi connectivity index (χ3n) is 2.07. The second-order valence-corrected chi connectivity index (χ2v) is 3.73. The van der Waals surface area contributed by atoms with Crippen molar-refractivity contribution in [3.8, 4) is 11.5 Å². The van der Waals surface area contributed by atoms with E-state index >= 15 is 0 Å². The maximum Gasteiger partial charge on any atom is 0.147 e. The van der Waals surface area contributed by atoms with Gasteiger partial charge < -0.3 is 10.5 Å². The lowest BCUT2D eigenvalue weighted by atomic mass is 10.2. The first-order chi connectivity index (χ1) is 7.78. The fourth-order valence-corrected chi connectivity index (χ4v) is 1.44. The minimum atomic E-state index is 0.527. The quantitative estimate of drug-likeness (QED) is 0.888. The lowest BCUT2D eigenvalue weighted by molar-refractivity contribution is 0.480. The smallest absolute Gasteiger partial charge is 0.147 e. The number of benzene rings is 1. The van der Waals surface area contributed by atoms with Crippen LogP contribution < -0.4 is 10.5 Å². The Morgan fingerprint density at radius 2 is 1.88 bits per heavy atom. The molecule has 2 aromatic rings. The van der Waals surface area contributed by atoms with Gasteiger partial charge in [-0.15, -0.1) is 0 Å². The van der Waals surface area contributed by atoms with Crippen molar-refractivity contribution in [1.29, 1.82) is 0 Å². The standard InChI is InChI=1S/C12H11ClN2O/c13-10-5-12(8-15-7-10)16-11-3-1-9(6-14)2-4-11/h1-5,7-8H,6,14H2. The zero-order chi connectivity index (χ0) is 11.4. The van der Waals surface area contributed by atoms with E-state index in [9.17, 15) is 0 Å². The summed E-state index contributed by atoms with van der Waals surface area (Å²) in [5.41, 5.74) is 6.57. The van der Waals surface area contributed by atoms with E-state index in [0.29, 0.717) is 17.3 Å². The van der Waals surface area contributed by atoms with Gasteiger partial charge in [0.1, 0.15) is 11.5 Å². The molecule has 2 rings (SSSR count). The second kappa shape index (κ2) is 4.96. The zero-order valence-corrected chi connectivity index (χ0v) is 9.32. The van der Waals surface area contributed by atoms with E-state index in [-0.39, 0.29) is 0 Å². The lowest BCUT2D eigenvalue weighted by Crippen LogP contribution is -1.95. The molecule has 1 aromatic heterocycles. The monoisotopic (exact) mass is 234 g/mol. The summed E-state index contributed by atoms with van der Waals surface area (Å²) < 4.78 is 5.57. The first-order valence-corrected chi connectivity index (χ1v) is 5.23. The number of nitrogens with two attached hydrogens (primary N) is 1. The van der Waals surface area contributed by atoms with E-state index in [1.165, 1.54) is 0 Å². The molecule has 0 radical (unpaired) electrons. The number of hydrogen-bond donors (Lipinski definition) is 1. The third kappa shape index (κ3) is 2.72. The Hall–Kier alpha value is -1.58. The minimum absolute atomic E-state index is 0.527. The highest BCUT2D eigenvalue weighted by Crippen LogP contribution is 2.23. The Kier molecular flexibility index (Phi) is 3.39. The van der Waals surface area contributed by atoms with Gasteiger partial charge in [-0.3, -0.25) is 4.98 Å². The molecule has 0 spiro atoms. The predicted molar refractivity (Wildman–Crippen MR) is 63.7 cm³/mol. The molecule has 2 N–H and O–H groups in total. The van der Waals surface area contributed by atoms with Crippen molar-refractivity contribution in [1.82, 2.24) is 4.98 Å². The van der Waals surface area contributed by atoms with Crippen LogP contribution in [0, 0.1) is 0 Å². The van der Waals surface area contributed by atoms with Crippen molar-refractivity contribution in [2.45, 2.75) is 6.54 Å². The van der Waals surface area contributed by atoms with Crippen LogP contribution >= 0.6 is 11.6 Å². The number of hydrogen-bond acceptors (Lipinski definition) is 3. The molecule has 0 atom stereocenters. The van der Waals surface area contributed by atoms with E-state index in [1.807, 2.05) is 24.3 Å². The van der Waals surface area contributed by atoms with E-state index in [4.69, 9.17) is 22.1 Å². The number of pyridine rings is 1. The first kappa shape index (κ1) is 10.9. The summed E-state index contributed by atoms with van der Waals surface area (Å²) in [6.45, 7) is 0.527. The molecule has 0 aliphatic heterocycles. The number of ether oxygens (including phenoxy) is 1. The van der Waals surface area contributed by atoms with E-state index in [0.717, 1.165) is 11.3 Å². The normalized spacial score (nSPS) is 10.1. The van der Waals surface area contributed by atoms with Gasteiger partial charge in [0.2, 0.25) is 0 Å². The maximum atomic E-state index is 5.80. The average Bonchev–Trinajstić information content (AvgIpc) is 2.30. The Morgan fingerprint density at radius 3 is 2.50 bits per heavy atom. The average molecular weight is 235 g/mol. The van der Waals surface area contributed by atoms with Crippen molar-refractivity contribution in [3.05, 3.63) is 53.3 Å². The van der Waals surface area contributed by atoms with Gasteiger partial charge in [-0.1, -0.05) is 23.7 Å². The summed E-state index contributed by atoms with van der Waals surface area (Å²) in [6, 6.07) is 9.29. The molecule has 0 aliphatic carbocycles. The van der Waals surface area contributed by atoms with Crippen LogP contribution in [0.15, 0.2) is 42.7 Å². The number of halogens is 1. The summed E-state index contributed by atoms with van der Waals surface area (Å²) in [5.74, 6) is 1.36. The Bertz CT molecular complexity index is 471. The minimum Gasteiger partial charge on any atom is -0.456 e. The molecule has 82 valence electrons. The molecule has 0 fully saturated rings. The first-order valence-electron chi connectivity index (χ1n) is 4.85. The molecule has 0 amide bonds. The zero-order valence-electron chi connectivity index (χ0n) is 8.56.